The van der Waals surface area contributed by atoms with Crippen LogP contribution in [0.5, 0.6) is 5.75 Å². The van der Waals surface area contributed by atoms with Crippen LogP contribution in [0.15, 0.2) is 40.9 Å². The van der Waals surface area contributed by atoms with E-state index in [0.717, 1.165) is 35.4 Å². The van der Waals surface area contributed by atoms with Gasteiger partial charge in [-0.3, -0.25) is 0 Å². The molecule has 0 radical (unpaired) electrons. The van der Waals surface area contributed by atoms with E-state index < -0.39 is 0 Å². The molecule has 0 aromatic heterocycles. The maximum atomic E-state index is 5.96. The number of aryl methyl sites for hydroxylation is 1. The second-order valence-corrected chi connectivity index (χ2v) is 6.22. The summed E-state index contributed by atoms with van der Waals surface area (Å²) < 4.78 is 6.44. The minimum Gasteiger partial charge on any atom is -0.497 e. The Morgan fingerprint density at radius 1 is 1.24 bits per heavy atom. The molecule has 0 atom stereocenters. The SMILES string of the molecule is COc1ccc(Br)c(CN2CCCc3ccc(N)cc32)c1. The van der Waals surface area contributed by atoms with Gasteiger partial charge in [0.2, 0.25) is 0 Å². The van der Waals surface area contributed by atoms with E-state index >= 15 is 0 Å². The molecule has 0 amide bonds. The number of anilines is 2. The van der Waals surface area contributed by atoms with E-state index in [-0.39, 0.29) is 0 Å². The largest absolute Gasteiger partial charge is 0.497 e. The topological polar surface area (TPSA) is 38.5 Å². The molecule has 2 aromatic rings. The van der Waals surface area contributed by atoms with Crippen LogP contribution >= 0.6 is 15.9 Å². The summed E-state index contributed by atoms with van der Waals surface area (Å²) in [6.45, 7) is 1.91. The summed E-state index contributed by atoms with van der Waals surface area (Å²) in [5.41, 5.74) is 10.7. The van der Waals surface area contributed by atoms with Gasteiger partial charge in [-0.25, -0.2) is 0 Å². The Kier molecular flexibility index (Phi) is 4.06. The molecule has 0 saturated heterocycles. The molecule has 1 aliphatic rings. The molecule has 0 spiro atoms. The number of nitrogens with zero attached hydrogens (tertiary/aromatic N) is 1. The van der Waals surface area contributed by atoms with E-state index in [4.69, 9.17) is 10.5 Å². The van der Waals surface area contributed by atoms with E-state index in [2.05, 4.69) is 39.0 Å². The van der Waals surface area contributed by atoms with Crippen molar-refractivity contribution in [2.45, 2.75) is 19.4 Å². The van der Waals surface area contributed by atoms with Gasteiger partial charge in [-0.1, -0.05) is 22.0 Å². The lowest BCUT2D eigenvalue weighted by atomic mass is 10.0. The average molecular weight is 347 g/mol. The van der Waals surface area contributed by atoms with Crippen LogP contribution in [-0.2, 0) is 13.0 Å². The predicted octanol–water partition coefficient (Wildman–Crippen LogP) is 3.99. The molecule has 1 aliphatic heterocycles. The van der Waals surface area contributed by atoms with Crippen LogP contribution in [0.25, 0.3) is 0 Å². The summed E-state index contributed by atoms with van der Waals surface area (Å²) in [4.78, 5) is 2.40. The van der Waals surface area contributed by atoms with Crippen molar-refractivity contribution in [3.63, 3.8) is 0 Å². The fraction of sp³-hybridized carbons (Fsp3) is 0.294. The number of halogens is 1. The van der Waals surface area contributed by atoms with Crippen LogP contribution in [0.2, 0.25) is 0 Å². The molecule has 0 aliphatic carbocycles. The lowest BCUT2D eigenvalue weighted by molar-refractivity contribution is 0.414. The number of nitrogen functional groups attached to an aromatic ring is 1. The Morgan fingerprint density at radius 2 is 2.10 bits per heavy atom. The zero-order chi connectivity index (χ0) is 14.8. The van der Waals surface area contributed by atoms with E-state index in [0.29, 0.717) is 0 Å². The fourth-order valence-electron chi connectivity index (χ4n) is 2.84. The highest BCUT2D eigenvalue weighted by atomic mass is 79.9. The van der Waals surface area contributed by atoms with Crippen molar-refractivity contribution < 1.29 is 4.74 Å². The second-order valence-electron chi connectivity index (χ2n) is 5.37. The minimum atomic E-state index is 0.824. The molecule has 1 heterocycles. The number of rotatable bonds is 3. The van der Waals surface area contributed by atoms with Gasteiger partial charge in [-0.2, -0.15) is 0 Å². The first kappa shape index (κ1) is 14.3. The van der Waals surface area contributed by atoms with Crippen molar-refractivity contribution in [1.29, 1.82) is 0 Å². The van der Waals surface area contributed by atoms with Crippen molar-refractivity contribution in [2.24, 2.45) is 0 Å². The van der Waals surface area contributed by atoms with Gasteiger partial charge in [-0.15, -0.1) is 0 Å². The first-order valence-corrected chi connectivity index (χ1v) is 7.92. The summed E-state index contributed by atoms with van der Waals surface area (Å²) in [6.07, 6.45) is 2.31. The molecule has 0 unspecified atom stereocenters. The van der Waals surface area contributed by atoms with Gasteiger partial charge in [0.05, 0.1) is 7.11 Å². The molecule has 2 N–H and O–H groups in total. The molecular weight excluding hydrogens is 328 g/mol. The van der Waals surface area contributed by atoms with Gasteiger partial charge in [0, 0.05) is 28.9 Å². The van der Waals surface area contributed by atoms with Crippen molar-refractivity contribution >= 4 is 27.3 Å². The number of nitrogens with two attached hydrogens (primary N) is 1. The summed E-state index contributed by atoms with van der Waals surface area (Å²) in [6, 6.07) is 12.3. The van der Waals surface area contributed by atoms with Crippen LogP contribution in [0, 0.1) is 0 Å². The van der Waals surface area contributed by atoms with Gasteiger partial charge in [0.15, 0.2) is 0 Å². The second kappa shape index (κ2) is 5.98. The van der Waals surface area contributed by atoms with Gasteiger partial charge >= 0.3 is 0 Å². The molecule has 3 nitrogen and oxygen atoms in total. The van der Waals surface area contributed by atoms with Crippen molar-refractivity contribution in [1.82, 2.24) is 0 Å². The maximum absolute atomic E-state index is 5.96. The minimum absolute atomic E-state index is 0.824. The van der Waals surface area contributed by atoms with Crippen molar-refractivity contribution in [3.8, 4) is 5.75 Å². The van der Waals surface area contributed by atoms with E-state index in [1.165, 1.54) is 23.2 Å². The first-order chi connectivity index (χ1) is 10.2. The molecule has 4 heteroatoms. The smallest absolute Gasteiger partial charge is 0.119 e. The van der Waals surface area contributed by atoms with Gasteiger partial charge in [-0.05, 0) is 54.3 Å². The van der Waals surface area contributed by atoms with Crippen LogP contribution in [0.3, 0.4) is 0 Å². The summed E-state index contributed by atoms with van der Waals surface area (Å²) in [5, 5.41) is 0. The van der Waals surface area contributed by atoms with Crippen LogP contribution < -0.4 is 15.4 Å². The third-order valence-corrected chi connectivity index (χ3v) is 4.71. The average Bonchev–Trinajstić information content (AvgIpc) is 2.50. The van der Waals surface area contributed by atoms with Gasteiger partial charge in [0.1, 0.15) is 5.75 Å². The Hall–Kier alpha value is -1.68. The normalized spacial score (nSPS) is 13.9. The molecular formula is C17H19BrN2O. The Bertz CT molecular complexity index is 657. The number of fused-ring (bicyclic) bond motifs is 1. The van der Waals surface area contributed by atoms with Crippen LogP contribution in [0.4, 0.5) is 11.4 Å². The Balaban J connectivity index is 1.91. The molecule has 3 rings (SSSR count). The van der Waals surface area contributed by atoms with Gasteiger partial charge in [0.25, 0.3) is 0 Å². The standard InChI is InChI=1S/C17H19BrN2O/c1-21-15-6-7-16(18)13(9-15)11-20-8-2-3-12-4-5-14(19)10-17(12)20/h4-7,9-10H,2-3,8,11,19H2,1H3. The highest BCUT2D eigenvalue weighted by Gasteiger charge is 2.18. The van der Waals surface area contributed by atoms with Crippen LogP contribution in [-0.4, -0.2) is 13.7 Å². The Morgan fingerprint density at radius 3 is 2.90 bits per heavy atom. The summed E-state index contributed by atoms with van der Waals surface area (Å²) >= 11 is 3.63. The molecule has 0 bridgehead atoms. The Labute approximate surface area is 133 Å². The quantitative estimate of drug-likeness (QED) is 0.854. The van der Waals surface area contributed by atoms with Crippen molar-refractivity contribution in [3.05, 3.63) is 52.0 Å². The highest BCUT2D eigenvalue weighted by molar-refractivity contribution is 9.10. The summed E-state index contributed by atoms with van der Waals surface area (Å²) in [7, 11) is 1.70. The number of methoxy groups -OCH3 is 1. The number of hydrogen-bond acceptors (Lipinski definition) is 3. The van der Waals surface area contributed by atoms with E-state index in [1.807, 2.05) is 18.2 Å². The third-order valence-electron chi connectivity index (χ3n) is 3.94. The zero-order valence-corrected chi connectivity index (χ0v) is 13.7. The monoisotopic (exact) mass is 346 g/mol. The fourth-order valence-corrected chi connectivity index (χ4v) is 3.21. The lowest BCUT2D eigenvalue weighted by Crippen LogP contribution is -2.29. The maximum Gasteiger partial charge on any atom is 0.119 e. The molecule has 0 saturated carbocycles. The molecule has 2 aromatic carbocycles. The highest BCUT2D eigenvalue weighted by Crippen LogP contribution is 2.32. The van der Waals surface area contributed by atoms with Crippen molar-refractivity contribution in [2.75, 3.05) is 24.3 Å². The number of hydrogen-bond donors (Lipinski definition) is 1. The lowest BCUT2D eigenvalue weighted by Gasteiger charge is -2.32. The third kappa shape index (κ3) is 3.00. The first-order valence-electron chi connectivity index (χ1n) is 7.13. The van der Waals surface area contributed by atoms with Gasteiger partial charge < -0.3 is 15.4 Å². The molecule has 0 fully saturated rings. The number of benzene rings is 2. The summed E-state index contributed by atoms with van der Waals surface area (Å²) in [5.74, 6) is 0.887. The van der Waals surface area contributed by atoms with Crippen LogP contribution in [0.1, 0.15) is 17.5 Å². The molecule has 110 valence electrons. The van der Waals surface area contributed by atoms with E-state index in [1.54, 1.807) is 7.11 Å². The zero-order valence-electron chi connectivity index (χ0n) is 12.1. The van der Waals surface area contributed by atoms with E-state index in [9.17, 15) is 0 Å². The molecule has 21 heavy (non-hydrogen) atoms. The number of ether oxygens (including phenoxy) is 1. The predicted molar refractivity (Wildman–Crippen MR) is 90.9 cm³/mol.